The molecule has 0 aromatic heterocycles. The Bertz CT molecular complexity index is 114. The summed E-state index contributed by atoms with van der Waals surface area (Å²) in [6, 6.07) is 0. The van der Waals surface area contributed by atoms with Crippen LogP contribution in [0.2, 0.25) is 0 Å². The lowest BCUT2D eigenvalue weighted by Gasteiger charge is -2.17. The first-order valence-electron chi connectivity index (χ1n) is 3.73. The van der Waals surface area contributed by atoms with E-state index in [4.69, 9.17) is 0 Å². The van der Waals surface area contributed by atoms with Crippen molar-refractivity contribution < 1.29 is 5.11 Å². The number of hydrogen-bond donors (Lipinski definition) is 2. The summed E-state index contributed by atoms with van der Waals surface area (Å²) in [6.07, 6.45) is -0.137. The number of hydrogen-bond acceptors (Lipinski definition) is 3. The Kier molecular flexibility index (Phi) is 8.83. The van der Waals surface area contributed by atoms with Crippen molar-refractivity contribution >= 4 is 27.0 Å². The first-order valence-corrected chi connectivity index (χ1v) is 3.73. The molecule has 0 spiro atoms. The number of nitrogens with one attached hydrogen (secondary N) is 1. The Hall–Kier alpha value is 0.580. The predicted molar refractivity (Wildman–Crippen MR) is 61.7 cm³/mol. The summed E-state index contributed by atoms with van der Waals surface area (Å²) >= 11 is 0. The molecule has 1 saturated heterocycles. The van der Waals surface area contributed by atoms with E-state index < -0.39 is 0 Å². The minimum absolute atomic E-state index is 0. The van der Waals surface area contributed by atoms with Gasteiger partial charge in [0.05, 0.1) is 6.10 Å². The van der Waals surface area contributed by atoms with Crippen LogP contribution in [0.15, 0.2) is 0 Å². The van der Waals surface area contributed by atoms with Crippen LogP contribution in [0, 0.1) is 5.92 Å². The minimum Gasteiger partial charge on any atom is -0.391 e. The molecule has 2 N–H and O–H groups in total. The summed E-state index contributed by atoms with van der Waals surface area (Å²) in [4.78, 5) is 2.11. The van der Waals surface area contributed by atoms with Crippen LogP contribution in [0.3, 0.4) is 0 Å². The summed E-state index contributed by atoms with van der Waals surface area (Å²) in [5.74, 6) is 0.426. The standard InChI is InChI=1S/C7H16N2O.2H2S/c1-9(2)5-6-3-8-4-7(6)10;;/h6-8,10H,3-5H2,1-2H3;2*1H2/t6-,7+;;/m0../s1. The molecule has 1 aliphatic heterocycles. The van der Waals surface area contributed by atoms with Crippen LogP contribution in [-0.2, 0) is 0 Å². The van der Waals surface area contributed by atoms with Gasteiger partial charge in [-0.1, -0.05) is 0 Å². The van der Waals surface area contributed by atoms with Gasteiger partial charge in [0.15, 0.2) is 0 Å². The molecular weight excluding hydrogens is 192 g/mol. The summed E-state index contributed by atoms with van der Waals surface area (Å²) < 4.78 is 0. The lowest BCUT2D eigenvalue weighted by molar-refractivity contribution is 0.129. The van der Waals surface area contributed by atoms with Crippen LogP contribution in [0.4, 0.5) is 0 Å². The summed E-state index contributed by atoms with van der Waals surface area (Å²) in [7, 11) is 4.07. The molecule has 0 unspecified atom stereocenters. The topological polar surface area (TPSA) is 35.5 Å². The average Bonchev–Trinajstić information content (AvgIpc) is 2.15. The Morgan fingerprint density at radius 1 is 1.33 bits per heavy atom. The van der Waals surface area contributed by atoms with Gasteiger partial charge in [0, 0.05) is 25.6 Å². The molecule has 0 aliphatic carbocycles. The molecular formula is C7H20N2OS2. The van der Waals surface area contributed by atoms with Crippen LogP contribution >= 0.6 is 27.0 Å². The molecule has 0 amide bonds. The Morgan fingerprint density at radius 2 is 1.92 bits per heavy atom. The fourth-order valence-electron chi connectivity index (χ4n) is 1.37. The van der Waals surface area contributed by atoms with Crippen LogP contribution in [0.1, 0.15) is 0 Å². The maximum Gasteiger partial charge on any atom is 0.0717 e. The molecule has 0 saturated carbocycles. The van der Waals surface area contributed by atoms with Crippen molar-refractivity contribution in [3.05, 3.63) is 0 Å². The summed E-state index contributed by atoms with van der Waals surface area (Å²) in [5, 5.41) is 12.5. The molecule has 0 aromatic rings. The molecule has 0 aromatic carbocycles. The Balaban J connectivity index is 0. The van der Waals surface area contributed by atoms with Crippen molar-refractivity contribution in [2.45, 2.75) is 6.10 Å². The van der Waals surface area contributed by atoms with Crippen molar-refractivity contribution in [1.29, 1.82) is 0 Å². The molecule has 12 heavy (non-hydrogen) atoms. The van der Waals surface area contributed by atoms with E-state index in [0.717, 1.165) is 19.6 Å². The zero-order valence-corrected chi connectivity index (χ0v) is 9.67. The third-order valence-electron chi connectivity index (χ3n) is 1.90. The molecule has 1 aliphatic rings. The van der Waals surface area contributed by atoms with Crippen molar-refractivity contribution in [2.75, 3.05) is 33.7 Å². The highest BCUT2D eigenvalue weighted by Crippen LogP contribution is 2.08. The molecule has 3 nitrogen and oxygen atoms in total. The number of nitrogens with zero attached hydrogens (tertiary/aromatic N) is 1. The Morgan fingerprint density at radius 3 is 2.25 bits per heavy atom. The second-order valence-electron chi connectivity index (χ2n) is 3.25. The first-order chi connectivity index (χ1) is 4.70. The number of rotatable bonds is 2. The van der Waals surface area contributed by atoms with Gasteiger partial charge < -0.3 is 15.3 Å². The normalized spacial score (nSPS) is 28.0. The Labute approximate surface area is 88.4 Å². The van der Waals surface area contributed by atoms with E-state index in [0.29, 0.717) is 5.92 Å². The predicted octanol–water partition coefficient (Wildman–Crippen LogP) is -0.646. The minimum atomic E-state index is -0.137. The van der Waals surface area contributed by atoms with Gasteiger partial charge in [-0.2, -0.15) is 27.0 Å². The van der Waals surface area contributed by atoms with E-state index in [1.165, 1.54) is 0 Å². The smallest absolute Gasteiger partial charge is 0.0717 e. The van der Waals surface area contributed by atoms with Gasteiger partial charge in [0.2, 0.25) is 0 Å². The van der Waals surface area contributed by atoms with E-state index in [2.05, 4.69) is 10.2 Å². The van der Waals surface area contributed by atoms with Crippen LogP contribution < -0.4 is 5.32 Å². The van der Waals surface area contributed by atoms with Crippen molar-refractivity contribution in [3.63, 3.8) is 0 Å². The van der Waals surface area contributed by atoms with Crippen LogP contribution in [0.5, 0.6) is 0 Å². The third kappa shape index (κ3) is 4.57. The van der Waals surface area contributed by atoms with E-state index in [-0.39, 0.29) is 33.1 Å². The lowest BCUT2D eigenvalue weighted by Crippen LogP contribution is -2.29. The highest BCUT2D eigenvalue weighted by atomic mass is 32.1. The quantitative estimate of drug-likeness (QED) is 0.639. The zero-order valence-electron chi connectivity index (χ0n) is 7.67. The average molecular weight is 212 g/mol. The van der Waals surface area contributed by atoms with Gasteiger partial charge in [0.25, 0.3) is 0 Å². The van der Waals surface area contributed by atoms with Crippen LogP contribution in [0.25, 0.3) is 0 Å². The largest absolute Gasteiger partial charge is 0.391 e. The molecule has 0 bridgehead atoms. The van der Waals surface area contributed by atoms with Gasteiger partial charge in [-0.3, -0.25) is 0 Å². The highest BCUT2D eigenvalue weighted by Gasteiger charge is 2.24. The fraction of sp³-hybridized carbons (Fsp3) is 1.00. The second-order valence-corrected chi connectivity index (χ2v) is 3.25. The van der Waals surface area contributed by atoms with Gasteiger partial charge in [-0.15, -0.1) is 0 Å². The molecule has 2 atom stereocenters. The molecule has 1 fully saturated rings. The maximum absolute atomic E-state index is 9.35. The summed E-state index contributed by atoms with van der Waals surface area (Å²) in [5.41, 5.74) is 0. The van der Waals surface area contributed by atoms with Crippen molar-refractivity contribution in [2.24, 2.45) is 5.92 Å². The third-order valence-corrected chi connectivity index (χ3v) is 1.90. The van der Waals surface area contributed by atoms with Crippen LogP contribution in [-0.4, -0.2) is 49.8 Å². The monoisotopic (exact) mass is 212 g/mol. The molecule has 0 radical (unpaired) electrons. The van der Waals surface area contributed by atoms with Gasteiger partial charge in [-0.05, 0) is 14.1 Å². The molecule has 1 heterocycles. The number of aliphatic hydroxyl groups is 1. The van der Waals surface area contributed by atoms with Crippen molar-refractivity contribution in [1.82, 2.24) is 10.2 Å². The summed E-state index contributed by atoms with van der Waals surface area (Å²) in [6.45, 7) is 2.70. The molecule has 1 rings (SSSR count). The fourth-order valence-corrected chi connectivity index (χ4v) is 1.37. The highest BCUT2D eigenvalue weighted by molar-refractivity contribution is 7.59. The van der Waals surface area contributed by atoms with E-state index in [1.54, 1.807) is 0 Å². The first kappa shape index (κ1) is 15.1. The molecule has 5 heteroatoms. The zero-order chi connectivity index (χ0) is 7.56. The van der Waals surface area contributed by atoms with Gasteiger partial charge in [0.1, 0.15) is 0 Å². The maximum atomic E-state index is 9.35. The van der Waals surface area contributed by atoms with Gasteiger partial charge >= 0.3 is 0 Å². The SMILES string of the molecule is CN(C)C[C@@H]1CNC[C@H]1O.S.S. The van der Waals surface area contributed by atoms with E-state index >= 15 is 0 Å². The number of β-amino-alcohol motifs (C(OH)–C–C–N with tert-alkyl or cyclic N) is 1. The second kappa shape index (κ2) is 7.03. The van der Waals surface area contributed by atoms with E-state index in [9.17, 15) is 5.11 Å². The van der Waals surface area contributed by atoms with E-state index in [1.807, 2.05) is 14.1 Å². The number of aliphatic hydroxyl groups excluding tert-OH is 1. The van der Waals surface area contributed by atoms with Gasteiger partial charge in [-0.25, -0.2) is 0 Å². The van der Waals surface area contributed by atoms with Crippen molar-refractivity contribution in [3.8, 4) is 0 Å². The lowest BCUT2D eigenvalue weighted by atomic mass is 10.1. The molecule has 76 valence electrons.